The number of aliphatic hydroxyl groups excluding tert-OH is 1. The number of hydrogen-bond donors (Lipinski definition) is 1. The van der Waals surface area contributed by atoms with Crippen LogP contribution in [0, 0.1) is 11.8 Å². The first-order chi connectivity index (χ1) is 8.15. The fourth-order valence-corrected chi connectivity index (χ4v) is 3.13. The van der Waals surface area contributed by atoms with Gasteiger partial charge >= 0.3 is 0 Å². The molecule has 17 heavy (non-hydrogen) atoms. The summed E-state index contributed by atoms with van der Waals surface area (Å²) in [5.74, 6) is 0.840. The molecule has 3 atom stereocenters. The van der Waals surface area contributed by atoms with Crippen LogP contribution in [0.1, 0.15) is 23.4 Å². The number of furan rings is 1. The molecule has 0 aromatic carbocycles. The van der Waals surface area contributed by atoms with Crippen molar-refractivity contribution in [3.8, 4) is 0 Å². The quantitative estimate of drug-likeness (QED) is 0.832. The summed E-state index contributed by atoms with van der Waals surface area (Å²) in [6.45, 7) is 1.35. The maximum absolute atomic E-state index is 12.1. The number of carbonyl (C=O) groups excluding carboxylic acids is 1. The summed E-state index contributed by atoms with van der Waals surface area (Å²) in [6, 6.07) is 3.16. The van der Waals surface area contributed by atoms with Gasteiger partial charge in [0.2, 0.25) is 0 Å². The second-order valence-corrected chi connectivity index (χ2v) is 5.26. The molecule has 1 aliphatic heterocycles. The van der Waals surface area contributed by atoms with E-state index in [1.165, 1.54) is 0 Å². The lowest BCUT2D eigenvalue weighted by Crippen LogP contribution is -2.30. The molecule has 1 saturated carbocycles. The largest absolute Gasteiger partial charge is 0.440 e. The van der Waals surface area contributed by atoms with Crippen molar-refractivity contribution in [3.05, 3.63) is 23.1 Å². The molecule has 1 aromatic rings. The topological polar surface area (TPSA) is 53.7 Å². The van der Waals surface area contributed by atoms with Gasteiger partial charge in [0.05, 0.1) is 6.10 Å². The van der Waals surface area contributed by atoms with Gasteiger partial charge in [0.15, 0.2) is 11.0 Å². The highest BCUT2D eigenvalue weighted by atomic mass is 35.5. The zero-order valence-corrected chi connectivity index (χ0v) is 10.1. The van der Waals surface area contributed by atoms with E-state index in [1.54, 1.807) is 17.0 Å². The second kappa shape index (κ2) is 4.03. The van der Waals surface area contributed by atoms with E-state index in [1.807, 2.05) is 0 Å². The highest BCUT2D eigenvalue weighted by Crippen LogP contribution is 2.38. The van der Waals surface area contributed by atoms with Crippen molar-refractivity contribution in [2.24, 2.45) is 11.8 Å². The minimum atomic E-state index is -0.252. The Balaban J connectivity index is 1.73. The summed E-state index contributed by atoms with van der Waals surface area (Å²) in [5.41, 5.74) is 0. The number of nitrogens with zero attached hydrogens (tertiary/aromatic N) is 1. The van der Waals surface area contributed by atoms with E-state index in [4.69, 9.17) is 16.0 Å². The monoisotopic (exact) mass is 255 g/mol. The van der Waals surface area contributed by atoms with Crippen LogP contribution in [-0.4, -0.2) is 35.1 Å². The van der Waals surface area contributed by atoms with Crippen LogP contribution in [0.5, 0.6) is 0 Å². The highest BCUT2D eigenvalue weighted by Gasteiger charge is 2.43. The maximum Gasteiger partial charge on any atom is 0.289 e. The van der Waals surface area contributed by atoms with Crippen molar-refractivity contribution in [2.75, 3.05) is 13.1 Å². The molecule has 92 valence electrons. The number of fused-ring (bicyclic) bond motifs is 1. The lowest BCUT2D eigenvalue weighted by Gasteiger charge is -2.16. The fraction of sp³-hybridized carbons (Fsp3) is 0.583. The molecule has 3 unspecified atom stereocenters. The Morgan fingerprint density at radius 2 is 2.24 bits per heavy atom. The third-order valence-electron chi connectivity index (χ3n) is 3.89. The molecule has 1 aromatic heterocycles. The molecule has 2 heterocycles. The van der Waals surface area contributed by atoms with E-state index < -0.39 is 0 Å². The normalized spacial score (nSPS) is 31.9. The molecule has 1 amide bonds. The van der Waals surface area contributed by atoms with Crippen molar-refractivity contribution in [1.82, 2.24) is 4.90 Å². The Hall–Kier alpha value is -1.00. The van der Waals surface area contributed by atoms with E-state index in [9.17, 15) is 9.90 Å². The summed E-state index contributed by atoms with van der Waals surface area (Å²) in [7, 11) is 0. The summed E-state index contributed by atoms with van der Waals surface area (Å²) < 4.78 is 5.12. The summed E-state index contributed by atoms with van der Waals surface area (Å²) >= 11 is 5.65. The van der Waals surface area contributed by atoms with Crippen LogP contribution >= 0.6 is 11.6 Å². The number of rotatable bonds is 1. The average Bonchev–Trinajstić information content (AvgIpc) is 2.96. The van der Waals surface area contributed by atoms with Gasteiger partial charge in [0.1, 0.15) is 0 Å². The molecule has 2 fully saturated rings. The van der Waals surface area contributed by atoms with Gasteiger partial charge in [-0.25, -0.2) is 0 Å². The average molecular weight is 256 g/mol. The molecule has 0 spiro atoms. The van der Waals surface area contributed by atoms with Gasteiger partial charge in [-0.15, -0.1) is 0 Å². The van der Waals surface area contributed by atoms with E-state index >= 15 is 0 Å². The molecule has 2 aliphatic rings. The van der Waals surface area contributed by atoms with Crippen LogP contribution in [0.2, 0.25) is 5.22 Å². The van der Waals surface area contributed by atoms with Crippen LogP contribution in [-0.2, 0) is 0 Å². The Kier molecular flexibility index (Phi) is 2.64. The van der Waals surface area contributed by atoms with Crippen LogP contribution < -0.4 is 0 Å². The first-order valence-electron chi connectivity index (χ1n) is 5.88. The molecule has 5 heteroatoms. The first-order valence-corrected chi connectivity index (χ1v) is 6.25. The molecule has 0 radical (unpaired) electrons. The minimum absolute atomic E-state index is 0.126. The number of hydrogen-bond acceptors (Lipinski definition) is 3. The molecule has 1 N–H and O–H groups in total. The van der Waals surface area contributed by atoms with Crippen LogP contribution in [0.15, 0.2) is 16.5 Å². The van der Waals surface area contributed by atoms with Gasteiger partial charge in [-0.05, 0) is 42.5 Å². The van der Waals surface area contributed by atoms with E-state index in [0.29, 0.717) is 12.5 Å². The van der Waals surface area contributed by atoms with Crippen LogP contribution in [0.3, 0.4) is 0 Å². The lowest BCUT2D eigenvalue weighted by atomic mass is 10.00. The lowest BCUT2D eigenvalue weighted by molar-refractivity contribution is 0.0722. The Morgan fingerprint density at radius 3 is 2.88 bits per heavy atom. The van der Waals surface area contributed by atoms with Gasteiger partial charge < -0.3 is 14.4 Å². The van der Waals surface area contributed by atoms with Gasteiger partial charge in [0, 0.05) is 19.0 Å². The molecule has 3 rings (SSSR count). The number of likely N-dealkylation sites (tertiary alicyclic amines) is 1. The van der Waals surface area contributed by atoms with Gasteiger partial charge in [-0.2, -0.15) is 0 Å². The molecular formula is C12H14ClNO3. The fourth-order valence-electron chi connectivity index (χ4n) is 2.99. The van der Waals surface area contributed by atoms with Gasteiger partial charge in [-0.1, -0.05) is 0 Å². The van der Waals surface area contributed by atoms with Crippen molar-refractivity contribution >= 4 is 17.5 Å². The Labute approximate surface area is 104 Å². The van der Waals surface area contributed by atoms with Crippen LogP contribution in [0.25, 0.3) is 0 Å². The van der Waals surface area contributed by atoms with Crippen LogP contribution in [0.4, 0.5) is 0 Å². The zero-order valence-electron chi connectivity index (χ0n) is 9.30. The Bertz CT molecular complexity index is 445. The van der Waals surface area contributed by atoms with Crippen molar-refractivity contribution < 1.29 is 14.3 Å². The third-order valence-corrected chi connectivity index (χ3v) is 4.09. The first kappa shape index (κ1) is 11.1. The molecular weight excluding hydrogens is 242 g/mol. The molecule has 1 saturated heterocycles. The number of halogens is 1. The zero-order chi connectivity index (χ0) is 12.0. The van der Waals surface area contributed by atoms with Crippen molar-refractivity contribution in [1.29, 1.82) is 0 Å². The van der Waals surface area contributed by atoms with Gasteiger partial charge in [-0.3, -0.25) is 4.79 Å². The minimum Gasteiger partial charge on any atom is -0.440 e. The number of aliphatic hydroxyl groups is 1. The summed E-state index contributed by atoms with van der Waals surface area (Å²) in [5, 5.41) is 10.0. The predicted octanol–water partition coefficient (Wildman–Crippen LogP) is 1.78. The molecule has 0 bridgehead atoms. The molecule has 1 aliphatic carbocycles. The number of amides is 1. The third kappa shape index (κ3) is 1.85. The van der Waals surface area contributed by atoms with Crippen molar-refractivity contribution in [2.45, 2.75) is 18.9 Å². The number of carbonyl (C=O) groups is 1. The van der Waals surface area contributed by atoms with E-state index in [0.717, 1.165) is 19.4 Å². The second-order valence-electron chi connectivity index (χ2n) is 4.88. The maximum atomic E-state index is 12.1. The predicted molar refractivity (Wildman–Crippen MR) is 61.8 cm³/mol. The standard InChI is InChI=1S/C12H14ClNO3/c13-11-4-3-10(17-11)12(16)14-5-7-1-2-9(15)8(7)6-14/h3-4,7-9,15H,1-2,5-6H2. The van der Waals surface area contributed by atoms with E-state index in [2.05, 4.69) is 0 Å². The summed E-state index contributed by atoms with van der Waals surface area (Å²) in [6.07, 6.45) is 1.62. The summed E-state index contributed by atoms with van der Waals surface area (Å²) in [4.78, 5) is 13.8. The smallest absolute Gasteiger partial charge is 0.289 e. The Morgan fingerprint density at radius 1 is 1.41 bits per heavy atom. The van der Waals surface area contributed by atoms with Crippen molar-refractivity contribution in [3.63, 3.8) is 0 Å². The SMILES string of the molecule is O=C(c1ccc(Cl)o1)N1CC2CCC(O)C2C1. The van der Waals surface area contributed by atoms with Gasteiger partial charge in [0.25, 0.3) is 5.91 Å². The van der Waals surface area contributed by atoms with E-state index in [-0.39, 0.29) is 28.9 Å². The molecule has 4 nitrogen and oxygen atoms in total. The highest BCUT2D eigenvalue weighted by molar-refractivity contribution is 6.29.